The number of aliphatic carboxylic acids is 1. The lowest BCUT2D eigenvalue weighted by Gasteiger charge is -2.18. The number of hydrogen-bond acceptors (Lipinski definition) is 4. The summed E-state index contributed by atoms with van der Waals surface area (Å²) in [6.45, 7) is 4.92. The molecule has 21 heavy (non-hydrogen) atoms. The molecule has 1 aromatic carbocycles. The van der Waals surface area contributed by atoms with Crippen molar-refractivity contribution in [3.63, 3.8) is 0 Å². The summed E-state index contributed by atoms with van der Waals surface area (Å²) in [4.78, 5) is 23.1. The number of carboxylic acids is 1. The second-order valence-electron chi connectivity index (χ2n) is 4.93. The van der Waals surface area contributed by atoms with Gasteiger partial charge in [-0.25, -0.2) is 0 Å². The Balaban J connectivity index is 2.97. The van der Waals surface area contributed by atoms with Crippen LogP contribution in [-0.4, -0.2) is 31.2 Å². The predicted octanol–water partition coefficient (Wildman–Crippen LogP) is 2.31. The number of aryl methyl sites for hydroxylation is 1. The summed E-state index contributed by atoms with van der Waals surface area (Å²) in [5, 5.41) is 11.7. The first kappa shape index (κ1) is 16.8. The number of hydrogen-bond donors (Lipinski definition) is 2. The predicted molar refractivity (Wildman–Crippen MR) is 78.9 cm³/mol. The van der Waals surface area contributed by atoms with E-state index in [0.29, 0.717) is 17.2 Å². The Bertz CT molecular complexity index is 541. The first-order valence-corrected chi connectivity index (χ1v) is 6.58. The van der Waals surface area contributed by atoms with Crippen molar-refractivity contribution in [2.24, 2.45) is 11.8 Å². The van der Waals surface area contributed by atoms with E-state index in [0.717, 1.165) is 5.56 Å². The maximum Gasteiger partial charge on any atom is 0.307 e. The fourth-order valence-corrected chi connectivity index (χ4v) is 1.80. The van der Waals surface area contributed by atoms with Crippen molar-refractivity contribution in [3.8, 4) is 11.5 Å². The zero-order chi connectivity index (χ0) is 16.2. The molecule has 2 atom stereocenters. The van der Waals surface area contributed by atoms with Crippen molar-refractivity contribution in [1.29, 1.82) is 0 Å². The molecule has 0 radical (unpaired) electrons. The van der Waals surface area contributed by atoms with E-state index in [1.807, 2.05) is 6.92 Å². The van der Waals surface area contributed by atoms with Gasteiger partial charge in [-0.1, -0.05) is 13.8 Å². The third-order valence-corrected chi connectivity index (χ3v) is 3.54. The van der Waals surface area contributed by atoms with E-state index in [-0.39, 0.29) is 5.91 Å². The number of ether oxygens (including phenoxy) is 2. The SMILES string of the molecule is COc1cc(C)c(NC(=O)C(C)C(C)C(=O)O)cc1OC. The monoisotopic (exact) mass is 295 g/mol. The van der Waals surface area contributed by atoms with Crippen LogP contribution in [0.4, 0.5) is 5.69 Å². The Labute approximate surface area is 124 Å². The summed E-state index contributed by atoms with van der Waals surface area (Å²) in [6, 6.07) is 3.41. The van der Waals surface area contributed by atoms with Gasteiger partial charge in [0.25, 0.3) is 0 Å². The quantitative estimate of drug-likeness (QED) is 0.841. The molecule has 0 aliphatic rings. The molecule has 1 aromatic rings. The average molecular weight is 295 g/mol. The van der Waals surface area contributed by atoms with Gasteiger partial charge in [0.1, 0.15) is 0 Å². The van der Waals surface area contributed by atoms with Gasteiger partial charge in [0, 0.05) is 17.7 Å². The lowest BCUT2D eigenvalue weighted by Crippen LogP contribution is -2.30. The first-order chi connectivity index (χ1) is 9.81. The van der Waals surface area contributed by atoms with Gasteiger partial charge < -0.3 is 19.9 Å². The van der Waals surface area contributed by atoms with E-state index >= 15 is 0 Å². The maximum absolute atomic E-state index is 12.1. The van der Waals surface area contributed by atoms with E-state index < -0.39 is 17.8 Å². The van der Waals surface area contributed by atoms with Gasteiger partial charge >= 0.3 is 5.97 Å². The number of amides is 1. The summed E-state index contributed by atoms with van der Waals surface area (Å²) >= 11 is 0. The summed E-state index contributed by atoms with van der Waals surface area (Å²) in [6.07, 6.45) is 0. The molecule has 0 saturated carbocycles. The van der Waals surface area contributed by atoms with Crippen molar-refractivity contribution < 1.29 is 24.2 Å². The third kappa shape index (κ3) is 3.87. The molecule has 2 N–H and O–H groups in total. The largest absolute Gasteiger partial charge is 0.493 e. The van der Waals surface area contributed by atoms with Gasteiger partial charge in [0.15, 0.2) is 11.5 Å². The number of benzene rings is 1. The van der Waals surface area contributed by atoms with Gasteiger partial charge in [0.2, 0.25) is 5.91 Å². The summed E-state index contributed by atoms with van der Waals surface area (Å²) < 4.78 is 10.4. The summed E-state index contributed by atoms with van der Waals surface area (Å²) in [7, 11) is 3.04. The highest BCUT2D eigenvalue weighted by molar-refractivity contribution is 5.95. The zero-order valence-corrected chi connectivity index (χ0v) is 12.9. The summed E-state index contributed by atoms with van der Waals surface area (Å²) in [5.41, 5.74) is 1.37. The first-order valence-electron chi connectivity index (χ1n) is 6.58. The third-order valence-electron chi connectivity index (χ3n) is 3.54. The molecule has 0 spiro atoms. The van der Waals surface area contributed by atoms with Crippen molar-refractivity contribution in [2.75, 3.05) is 19.5 Å². The second-order valence-corrected chi connectivity index (χ2v) is 4.93. The van der Waals surface area contributed by atoms with Crippen LogP contribution < -0.4 is 14.8 Å². The molecule has 0 aliphatic heterocycles. The highest BCUT2D eigenvalue weighted by Crippen LogP contribution is 2.33. The molecule has 0 aliphatic carbocycles. The minimum absolute atomic E-state index is 0.347. The van der Waals surface area contributed by atoms with Crippen LogP contribution in [0.2, 0.25) is 0 Å². The van der Waals surface area contributed by atoms with Gasteiger partial charge in [-0.2, -0.15) is 0 Å². The zero-order valence-electron chi connectivity index (χ0n) is 12.9. The molecule has 2 unspecified atom stereocenters. The average Bonchev–Trinajstić information content (AvgIpc) is 2.46. The van der Waals surface area contributed by atoms with Gasteiger partial charge in [-0.3, -0.25) is 9.59 Å². The lowest BCUT2D eigenvalue weighted by atomic mass is 9.95. The number of methoxy groups -OCH3 is 2. The lowest BCUT2D eigenvalue weighted by molar-refractivity contribution is -0.145. The molecule has 6 nitrogen and oxygen atoms in total. The topological polar surface area (TPSA) is 84.9 Å². The minimum Gasteiger partial charge on any atom is -0.493 e. The molecule has 6 heteroatoms. The molecular weight excluding hydrogens is 274 g/mol. The Morgan fingerprint density at radius 3 is 2.10 bits per heavy atom. The Morgan fingerprint density at radius 2 is 1.62 bits per heavy atom. The van der Waals surface area contributed by atoms with Crippen LogP contribution in [0.25, 0.3) is 0 Å². The molecule has 0 saturated heterocycles. The second kappa shape index (κ2) is 6.97. The smallest absolute Gasteiger partial charge is 0.307 e. The van der Waals surface area contributed by atoms with Gasteiger partial charge in [0.05, 0.1) is 20.1 Å². The standard InChI is InChI=1S/C15H21NO5/c1-8-6-12(20-4)13(21-5)7-11(8)16-14(17)9(2)10(3)15(18)19/h6-7,9-10H,1-5H3,(H,16,17)(H,18,19). The Morgan fingerprint density at radius 1 is 1.10 bits per heavy atom. The molecular formula is C15H21NO5. The van der Waals surface area contributed by atoms with E-state index in [4.69, 9.17) is 14.6 Å². The van der Waals surface area contributed by atoms with E-state index in [1.165, 1.54) is 21.1 Å². The number of carboxylic acid groups (broad SMARTS) is 1. The van der Waals surface area contributed by atoms with Crippen LogP contribution in [0.15, 0.2) is 12.1 Å². The van der Waals surface area contributed by atoms with E-state index in [2.05, 4.69) is 5.32 Å². The van der Waals surface area contributed by atoms with Crippen LogP contribution in [-0.2, 0) is 9.59 Å². The maximum atomic E-state index is 12.1. The van der Waals surface area contributed by atoms with Crippen LogP contribution >= 0.6 is 0 Å². The normalized spacial score (nSPS) is 13.2. The van der Waals surface area contributed by atoms with Crippen LogP contribution in [0, 0.1) is 18.8 Å². The molecule has 1 rings (SSSR count). The minimum atomic E-state index is -0.998. The fraction of sp³-hybridized carbons (Fsp3) is 0.467. The van der Waals surface area contributed by atoms with Crippen LogP contribution in [0.3, 0.4) is 0 Å². The summed E-state index contributed by atoms with van der Waals surface area (Å²) in [5.74, 6) is -1.68. The molecule has 0 aromatic heterocycles. The van der Waals surface area contributed by atoms with Gasteiger partial charge in [-0.05, 0) is 18.6 Å². The highest BCUT2D eigenvalue weighted by Gasteiger charge is 2.26. The number of carbonyl (C=O) groups is 2. The van der Waals surface area contributed by atoms with Crippen LogP contribution in [0.1, 0.15) is 19.4 Å². The van der Waals surface area contributed by atoms with Crippen molar-refractivity contribution >= 4 is 17.6 Å². The highest BCUT2D eigenvalue weighted by atomic mass is 16.5. The number of anilines is 1. The number of carbonyl (C=O) groups excluding carboxylic acids is 1. The van der Waals surface area contributed by atoms with Crippen LogP contribution in [0.5, 0.6) is 11.5 Å². The van der Waals surface area contributed by atoms with Crippen molar-refractivity contribution in [2.45, 2.75) is 20.8 Å². The number of nitrogens with one attached hydrogen (secondary N) is 1. The molecule has 1 amide bonds. The van der Waals surface area contributed by atoms with Crippen molar-refractivity contribution in [3.05, 3.63) is 17.7 Å². The Kier molecular flexibility index (Phi) is 5.58. The van der Waals surface area contributed by atoms with Crippen molar-refractivity contribution in [1.82, 2.24) is 0 Å². The van der Waals surface area contributed by atoms with E-state index in [1.54, 1.807) is 19.1 Å². The number of rotatable bonds is 6. The molecule has 116 valence electrons. The van der Waals surface area contributed by atoms with Gasteiger partial charge in [-0.15, -0.1) is 0 Å². The molecule has 0 bridgehead atoms. The fourth-order valence-electron chi connectivity index (χ4n) is 1.80. The van der Waals surface area contributed by atoms with E-state index in [9.17, 15) is 9.59 Å². The molecule has 0 fully saturated rings. The Hall–Kier alpha value is -2.24. The molecule has 0 heterocycles.